The molecule has 21 heavy (non-hydrogen) atoms. The summed E-state index contributed by atoms with van der Waals surface area (Å²) in [7, 11) is 0. The highest BCUT2D eigenvalue weighted by Gasteiger charge is 2.08. The van der Waals surface area contributed by atoms with Crippen molar-refractivity contribution < 1.29 is 9.90 Å². The Labute approximate surface area is 127 Å². The van der Waals surface area contributed by atoms with E-state index in [0.29, 0.717) is 11.4 Å². The van der Waals surface area contributed by atoms with Crippen LogP contribution in [0.15, 0.2) is 12.1 Å². The minimum absolute atomic E-state index is 0.305. The average molecular weight is 293 g/mol. The van der Waals surface area contributed by atoms with Crippen molar-refractivity contribution in [1.29, 1.82) is 0 Å². The molecule has 0 amide bonds. The van der Waals surface area contributed by atoms with Gasteiger partial charge in [0.15, 0.2) is 0 Å². The molecule has 0 saturated carbocycles. The van der Waals surface area contributed by atoms with Crippen LogP contribution in [-0.4, -0.2) is 47.1 Å². The van der Waals surface area contributed by atoms with Crippen molar-refractivity contribution >= 4 is 11.8 Å². The topological polar surface area (TPSA) is 65.5 Å². The molecule has 0 aliphatic rings. The summed E-state index contributed by atoms with van der Waals surface area (Å²) >= 11 is 0. The van der Waals surface area contributed by atoms with E-state index < -0.39 is 5.97 Å². The predicted octanol–water partition coefficient (Wildman–Crippen LogP) is 2.88. The zero-order valence-corrected chi connectivity index (χ0v) is 13.4. The molecule has 118 valence electrons. The van der Waals surface area contributed by atoms with Gasteiger partial charge in [-0.05, 0) is 44.6 Å². The second kappa shape index (κ2) is 9.34. The second-order valence-electron chi connectivity index (χ2n) is 5.09. The zero-order valence-electron chi connectivity index (χ0n) is 13.4. The third-order valence-electron chi connectivity index (χ3n) is 3.48. The molecule has 0 aliphatic carbocycles. The number of hydrogen-bond donors (Lipinski definition) is 2. The van der Waals surface area contributed by atoms with Gasteiger partial charge in [-0.3, -0.25) is 0 Å². The van der Waals surface area contributed by atoms with Gasteiger partial charge in [-0.25, -0.2) is 9.78 Å². The average Bonchev–Trinajstić information content (AvgIpc) is 2.47. The van der Waals surface area contributed by atoms with Crippen molar-refractivity contribution in [2.24, 2.45) is 0 Å². The molecule has 1 rings (SSSR count). The molecule has 0 unspecified atom stereocenters. The van der Waals surface area contributed by atoms with Crippen molar-refractivity contribution in [3.05, 3.63) is 23.4 Å². The van der Waals surface area contributed by atoms with Crippen LogP contribution in [0.25, 0.3) is 0 Å². The zero-order chi connectivity index (χ0) is 15.7. The monoisotopic (exact) mass is 293 g/mol. The number of carbonyl (C=O) groups is 1. The summed E-state index contributed by atoms with van der Waals surface area (Å²) in [4.78, 5) is 18.0. The lowest BCUT2D eigenvalue weighted by atomic mass is 10.1. The van der Waals surface area contributed by atoms with Crippen molar-refractivity contribution in [3.8, 4) is 0 Å². The molecule has 1 heterocycles. The molecule has 2 N–H and O–H groups in total. The number of anilines is 1. The maximum absolute atomic E-state index is 11.1. The standard InChI is InChI=1S/C16H27N3O2/c1-4-8-14-11-13(16(20)21)12-15(18-14)17-9-7-10-19(5-2)6-3/h11-12H,4-10H2,1-3H3,(H,17,18)(H,20,21). The molecule has 0 fully saturated rings. The lowest BCUT2D eigenvalue weighted by molar-refractivity contribution is 0.0696. The molecular weight excluding hydrogens is 266 g/mol. The SMILES string of the molecule is CCCc1cc(C(=O)O)cc(NCCCN(CC)CC)n1. The second-order valence-corrected chi connectivity index (χ2v) is 5.09. The molecule has 1 aromatic rings. The van der Waals surface area contributed by atoms with E-state index >= 15 is 0 Å². The summed E-state index contributed by atoms with van der Waals surface area (Å²) < 4.78 is 0. The molecule has 0 bridgehead atoms. The smallest absolute Gasteiger partial charge is 0.335 e. The van der Waals surface area contributed by atoms with E-state index in [-0.39, 0.29) is 0 Å². The van der Waals surface area contributed by atoms with Gasteiger partial charge in [-0.1, -0.05) is 27.2 Å². The van der Waals surface area contributed by atoms with Crippen molar-refractivity contribution in [1.82, 2.24) is 9.88 Å². The van der Waals surface area contributed by atoms with E-state index in [1.165, 1.54) is 0 Å². The van der Waals surface area contributed by atoms with E-state index in [4.69, 9.17) is 5.11 Å². The number of aromatic nitrogens is 1. The van der Waals surface area contributed by atoms with E-state index in [1.807, 2.05) is 0 Å². The van der Waals surface area contributed by atoms with Gasteiger partial charge in [0.1, 0.15) is 5.82 Å². The van der Waals surface area contributed by atoms with Crippen LogP contribution in [0.4, 0.5) is 5.82 Å². The summed E-state index contributed by atoms with van der Waals surface area (Å²) in [5.41, 5.74) is 1.14. The lowest BCUT2D eigenvalue weighted by Crippen LogP contribution is -2.25. The van der Waals surface area contributed by atoms with Gasteiger partial charge in [0.2, 0.25) is 0 Å². The molecule has 0 aliphatic heterocycles. The van der Waals surface area contributed by atoms with E-state index in [2.05, 4.69) is 36.0 Å². The third kappa shape index (κ3) is 6.12. The number of carboxylic acids is 1. The van der Waals surface area contributed by atoms with Crippen molar-refractivity contribution in [2.45, 2.75) is 40.0 Å². The first-order valence-corrected chi connectivity index (χ1v) is 7.81. The number of aryl methyl sites for hydroxylation is 1. The van der Waals surface area contributed by atoms with Gasteiger partial charge in [0.25, 0.3) is 0 Å². The number of hydrogen-bond acceptors (Lipinski definition) is 4. The summed E-state index contributed by atoms with van der Waals surface area (Å²) in [6.45, 7) is 10.3. The molecule has 0 radical (unpaired) electrons. The highest BCUT2D eigenvalue weighted by atomic mass is 16.4. The summed E-state index contributed by atoms with van der Waals surface area (Å²) in [6.07, 6.45) is 2.77. The van der Waals surface area contributed by atoms with Gasteiger partial charge < -0.3 is 15.3 Å². The van der Waals surface area contributed by atoms with Crippen LogP contribution in [0.3, 0.4) is 0 Å². The first-order valence-electron chi connectivity index (χ1n) is 7.81. The van der Waals surface area contributed by atoms with Crippen LogP contribution < -0.4 is 5.32 Å². The minimum atomic E-state index is -0.902. The van der Waals surface area contributed by atoms with Crippen molar-refractivity contribution in [3.63, 3.8) is 0 Å². The Hall–Kier alpha value is -1.62. The van der Waals surface area contributed by atoms with E-state index in [0.717, 1.165) is 51.1 Å². The Kier molecular flexibility index (Phi) is 7.75. The van der Waals surface area contributed by atoms with E-state index in [1.54, 1.807) is 12.1 Å². The molecule has 5 heteroatoms. The Balaban J connectivity index is 2.59. The molecule has 0 aromatic carbocycles. The minimum Gasteiger partial charge on any atom is -0.478 e. The number of pyridine rings is 1. The number of nitrogens with zero attached hydrogens (tertiary/aromatic N) is 2. The fourth-order valence-corrected chi connectivity index (χ4v) is 2.24. The van der Waals surface area contributed by atoms with Gasteiger partial charge >= 0.3 is 5.97 Å². The van der Waals surface area contributed by atoms with Crippen LogP contribution in [0, 0.1) is 0 Å². The Morgan fingerprint density at radius 3 is 2.57 bits per heavy atom. The quantitative estimate of drug-likeness (QED) is 0.649. The Morgan fingerprint density at radius 2 is 2.00 bits per heavy atom. The molecule has 0 saturated heterocycles. The Morgan fingerprint density at radius 1 is 1.29 bits per heavy atom. The largest absolute Gasteiger partial charge is 0.478 e. The van der Waals surface area contributed by atoms with Crippen LogP contribution >= 0.6 is 0 Å². The lowest BCUT2D eigenvalue weighted by Gasteiger charge is -2.18. The van der Waals surface area contributed by atoms with Gasteiger partial charge in [0.05, 0.1) is 5.56 Å². The fourth-order valence-electron chi connectivity index (χ4n) is 2.24. The van der Waals surface area contributed by atoms with Gasteiger partial charge in [-0.15, -0.1) is 0 Å². The molecule has 1 aromatic heterocycles. The van der Waals surface area contributed by atoms with Crippen LogP contribution in [0.5, 0.6) is 0 Å². The molecular formula is C16H27N3O2. The van der Waals surface area contributed by atoms with Crippen molar-refractivity contribution in [2.75, 3.05) is 31.5 Å². The van der Waals surface area contributed by atoms with Crippen LogP contribution in [-0.2, 0) is 6.42 Å². The first kappa shape index (κ1) is 17.4. The number of aromatic carboxylic acids is 1. The summed E-state index contributed by atoms with van der Waals surface area (Å²) in [6, 6.07) is 3.27. The number of nitrogens with one attached hydrogen (secondary N) is 1. The Bertz CT molecular complexity index is 445. The highest BCUT2D eigenvalue weighted by molar-refractivity contribution is 5.88. The maximum atomic E-state index is 11.1. The molecule has 5 nitrogen and oxygen atoms in total. The number of carboxylic acid groups (broad SMARTS) is 1. The summed E-state index contributed by atoms with van der Waals surface area (Å²) in [5, 5.41) is 12.4. The number of rotatable bonds is 10. The van der Waals surface area contributed by atoms with Gasteiger partial charge in [0, 0.05) is 12.2 Å². The predicted molar refractivity (Wildman–Crippen MR) is 86.1 cm³/mol. The fraction of sp³-hybridized carbons (Fsp3) is 0.625. The molecule has 0 atom stereocenters. The van der Waals surface area contributed by atoms with E-state index in [9.17, 15) is 4.79 Å². The third-order valence-corrected chi connectivity index (χ3v) is 3.48. The first-order chi connectivity index (χ1) is 10.1. The van der Waals surface area contributed by atoms with Crippen LogP contribution in [0.2, 0.25) is 0 Å². The maximum Gasteiger partial charge on any atom is 0.335 e. The normalized spacial score (nSPS) is 10.9. The highest BCUT2D eigenvalue weighted by Crippen LogP contribution is 2.12. The summed E-state index contributed by atoms with van der Waals surface area (Å²) in [5.74, 6) is -0.237. The van der Waals surface area contributed by atoms with Gasteiger partial charge in [-0.2, -0.15) is 0 Å². The molecule has 0 spiro atoms. The van der Waals surface area contributed by atoms with Crippen LogP contribution in [0.1, 0.15) is 49.7 Å².